The Bertz CT molecular complexity index is 557. The molecule has 0 fully saturated rings. The summed E-state index contributed by atoms with van der Waals surface area (Å²) in [5.41, 5.74) is 1.01. The topological polar surface area (TPSA) is 34.9 Å². The van der Waals surface area contributed by atoms with Gasteiger partial charge in [-0.1, -0.05) is 0 Å². The average molecular weight is 274 g/mol. The number of carbonyl (C=O) groups is 1. The molecule has 2 aromatic rings. The summed E-state index contributed by atoms with van der Waals surface area (Å²) in [5, 5.41) is 0. The molecule has 2 heterocycles. The second kappa shape index (κ2) is 5.70. The van der Waals surface area contributed by atoms with Crippen molar-refractivity contribution in [2.24, 2.45) is 0 Å². The van der Waals surface area contributed by atoms with Crippen LogP contribution in [0.25, 0.3) is 0 Å². The van der Waals surface area contributed by atoms with Crippen molar-refractivity contribution in [3.8, 4) is 0 Å². The van der Waals surface area contributed by atoms with Crippen LogP contribution in [0.3, 0.4) is 0 Å². The Morgan fingerprint density at radius 1 is 1.32 bits per heavy atom. The number of nitrogens with zero attached hydrogens (tertiary/aromatic N) is 2. The van der Waals surface area contributed by atoms with Crippen molar-refractivity contribution < 1.29 is 4.79 Å². The van der Waals surface area contributed by atoms with E-state index in [2.05, 4.69) is 15.6 Å². The van der Waals surface area contributed by atoms with Crippen LogP contribution in [-0.4, -0.2) is 15.3 Å². The normalized spacial score (nSPS) is 14.6. The van der Waals surface area contributed by atoms with Gasteiger partial charge in [-0.15, -0.1) is 11.3 Å². The monoisotopic (exact) mass is 274 g/mol. The summed E-state index contributed by atoms with van der Waals surface area (Å²) in [6, 6.07) is 2.14. The molecular formula is C15H18N2OS. The van der Waals surface area contributed by atoms with Crippen LogP contribution in [0.1, 0.15) is 45.8 Å². The molecule has 3 rings (SSSR count). The van der Waals surface area contributed by atoms with Crippen LogP contribution < -0.4 is 0 Å². The van der Waals surface area contributed by atoms with Crippen molar-refractivity contribution in [2.75, 3.05) is 0 Å². The SMILES string of the molecule is O=C1CCCc2sc(CCCCn3ccnc3)cc21. The van der Waals surface area contributed by atoms with E-state index >= 15 is 0 Å². The molecule has 1 aliphatic carbocycles. The van der Waals surface area contributed by atoms with Crippen LogP contribution in [0.4, 0.5) is 0 Å². The molecule has 0 radical (unpaired) electrons. The number of carbonyl (C=O) groups excluding carboxylic acids is 1. The Morgan fingerprint density at radius 2 is 2.26 bits per heavy atom. The fraction of sp³-hybridized carbons (Fsp3) is 0.467. The number of hydrogen-bond acceptors (Lipinski definition) is 3. The van der Waals surface area contributed by atoms with Gasteiger partial charge in [0.05, 0.1) is 6.33 Å². The maximum atomic E-state index is 11.8. The van der Waals surface area contributed by atoms with Crippen LogP contribution in [-0.2, 0) is 19.4 Å². The fourth-order valence-electron chi connectivity index (χ4n) is 2.59. The zero-order valence-electron chi connectivity index (χ0n) is 11.0. The zero-order chi connectivity index (χ0) is 13.1. The Labute approximate surface area is 117 Å². The Balaban J connectivity index is 1.52. The molecule has 4 heteroatoms. The van der Waals surface area contributed by atoms with Crippen molar-refractivity contribution in [1.82, 2.24) is 9.55 Å². The van der Waals surface area contributed by atoms with E-state index in [4.69, 9.17) is 0 Å². The molecule has 0 saturated carbocycles. The lowest BCUT2D eigenvalue weighted by Gasteiger charge is -2.07. The van der Waals surface area contributed by atoms with Crippen LogP contribution in [0, 0.1) is 0 Å². The van der Waals surface area contributed by atoms with E-state index in [1.54, 1.807) is 0 Å². The Morgan fingerprint density at radius 3 is 3.05 bits per heavy atom. The van der Waals surface area contributed by atoms with Gasteiger partial charge in [0.1, 0.15) is 0 Å². The van der Waals surface area contributed by atoms with Crippen molar-refractivity contribution in [3.63, 3.8) is 0 Å². The first kappa shape index (κ1) is 12.6. The zero-order valence-corrected chi connectivity index (χ0v) is 11.8. The summed E-state index contributed by atoms with van der Waals surface area (Å²) in [6.45, 7) is 1.03. The third-order valence-electron chi connectivity index (χ3n) is 3.62. The lowest BCUT2D eigenvalue weighted by molar-refractivity contribution is 0.0973. The van der Waals surface area contributed by atoms with E-state index in [1.165, 1.54) is 16.2 Å². The van der Waals surface area contributed by atoms with Gasteiger partial charge in [-0.2, -0.15) is 0 Å². The van der Waals surface area contributed by atoms with Crippen LogP contribution in [0.15, 0.2) is 24.8 Å². The molecule has 0 amide bonds. The largest absolute Gasteiger partial charge is 0.337 e. The van der Waals surface area contributed by atoms with E-state index in [0.29, 0.717) is 5.78 Å². The highest BCUT2D eigenvalue weighted by atomic mass is 32.1. The molecule has 1 aliphatic rings. The first-order valence-electron chi connectivity index (χ1n) is 6.93. The van der Waals surface area contributed by atoms with Gasteiger partial charge in [-0.3, -0.25) is 4.79 Å². The van der Waals surface area contributed by atoms with Crippen LogP contribution in [0.5, 0.6) is 0 Å². The second-order valence-corrected chi connectivity index (χ2v) is 6.31. The van der Waals surface area contributed by atoms with Crippen molar-refractivity contribution in [2.45, 2.75) is 45.1 Å². The molecule has 0 saturated heterocycles. The minimum absolute atomic E-state index is 0.349. The third-order valence-corrected chi connectivity index (χ3v) is 4.87. The highest BCUT2D eigenvalue weighted by molar-refractivity contribution is 7.12. The molecule has 0 unspecified atom stereocenters. The van der Waals surface area contributed by atoms with Gasteiger partial charge in [0.15, 0.2) is 5.78 Å². The number of aromatic nitrogens is 2. The first-order chi connectivity index (χ1) is 9.33. The van der Waals surface area contributed by atoms with Gasteiger partial charge in [-0.25, -0.2) is 4.98 Å². The maximum absolute atomic E-state index is 11.8. The van der Waals surface area contributed by atoms with Crippen LogP contribution in [0.2, 0.25) is 0 Å². The Hall–Kier alpha value is -1.42. The average Bonchev–Trinajstić information content (AvgIpc) is 3.04. The Kier molecular flexibility index (Phi) is 3.78. The van der Waals surface area contributed by atoms with Crippen LogP contribution >= 0.6 is 11.3 Å². The highest BCUT2D eigenvalue weighted by Gasteiger charge is 2.19. The molecule has 0 aliphatic heterocycles. The molecule has 0 atom stereocenters. The summed E-state index contributed by atoms with van der Waals surface area (Å²) in [6.07, 6.45) is 12.0. The number of imidazole rings is 1. The van der Waals surface area contributed by atoms with E-state index in [9.17, 15) is 4.79 Å². The number of Topliss-reactive ketones (excluding diaryl/α,β-unsaturated/α-hetero) is 1. The number of ketones is 1. The molecular weight excluding hydrogens is 256 g/mol. The van der Waals surface area contributed by atoms with Gasteiger partial charge in [-0.05, 0) is 38.2 Å². The summed E-state index contributed by atoms with van der Waals surface area (Å²) < 4.78 is 2.11. The molecule has 0 aromatic carbocycles. The van der Waals surface area contributed by atoms with Gasteiger partial charge in [0.25, 0.3) is 0 Å². The first-order valence-corrected chi connectivity index (χ1v) is 7.75. The van der Waals surface area contributed by atoms with E-state index < -0.39 is 0 Å². The number of unbranched alkanes of at least 4 members (excludes halogenated alkanes) is 1. The summed E-state index contributed by atoms with van der Waals surface area (Å²) in [4.78, 5) is 18.5. The minimum atomic E-state index is 0.349. The van der Waals surface area contributed by atoms with Gasteiger partial charge in [0, 0.05) is 40.7 Å². The van der Waals surface area contributed by atoms with Gasteiger partial charge >= 0.3 is 0 Å². The molecule has 3 nitrogen and oxygen atoms in total. The molecule has 0 bridgehead atoms. The maximum Gasteiger partial charge on any atom is 0.164 e. The van der Waals surface area contributed by atoms with Crippen molar-refractivity contribution in [1.29, 1.82) is 0 Å². The predicted octanol–water partition coefficient (Wildman–Crippen LogP) is 3.49. The number of aryl methyl sites for hydroxylation is 3. The number of thiophene rings is 1. The molecule has 19 heavy (non-hydrogen) atoms. The van der Waals surface area contributed by atoms with Crippen molar-refractivity contribution in [3.05, 3.63) is 40.1 Å². The van der Waals surface area contributed by atoms with E-state index in [-0.39, 0.29) is 0 Å². The quantitative estimate of drug-likeness (QED) is 0.782. The predicted molar refractivity (Wildman–Crippen MR) is 76.8 cm³/mol. The molecule has 0 spiro atoms. The number of hydrogen-bond donors (Lipinski definition) is 0. The summed E-state index contributed by atoms with van der Waals surface area (Å²) >= 11 is 1.85. The standard InChI is InChI=1S/C15H18N2OS/c18-14-5-3-6-15-13(14)10-12(19-15)4-1-2-8-17-9-7-16-11-17/h7,9-11H,1-6,8H2. The van der Waals surface area contributed by atoms with E-state index in [1.807, 2.05) is 30.1 Å². The lowest BCUT2D eigenvalue weighted by Crippen LogP contribution is -2.06. The second-order valence-electron chi connectivity index (χ2n) is 5.08. The molecule has 0 N–H and O–H groups in total. The fourth-order valence-corrected chi connectivity index (χ4v) is 3.85. The summed E-state index contributed by atoms with van der Waals surface area (Å²) in [5.74, 6) is 0.349. The van der Waals surface area contributed by atoms with Crippen molar-refractivity contribution >= 4 is 17.1 Å². The number of rotatable bonds is 5. The molecule has 2 aromatic heterocycles. The number of fused-ring (bicyclic) bond motifs is 1. The van der Waals surface area contributed by atoms with E-state index in [0.717, 1.165) is 44.2 Å². The van der Waals surface area contributed by atoms with Gasteiger partial charge in [0.2, 0.25) is 0 Å². The molecule has 100 valence electrons. The minimum Gasteiger partial charge on any atom is -0.337 e. The third kappa shape index (κ3) is 2.95. The smallest absolute Gasteiger partial charge is 0.164 e. The van der Waals surface area contributed by atoms with Gasteiger partial charge < -0.3 is 4.57 Å². The lowest BCUT2D eigenvalue weighted by atomic mass is 9.97. The summed E-state index contributed by atoms with van der Waals surface area (Å²) in [7, 11) is 0. The highest BCUT2D eigenvalue weighted by Crippen LogP contribution is 2.30.